The zero-order chi connectivity index (χ0) is 71.5. The Balaban J connectivity index is 0.985. The SMILES string of the molecule is CCCCCCC1(CCCCCC)c2cc(-c3cc(-c4ccc(OCC(CC)CCCC)cc4)cc(-c4ccc(OCC(CC)CCCC)cc4)c3)ccc2-c2ccc(C3CCC(c4cc(-c5ccc(OCC(CC)CCCC)cc5)cc(-c5ccc(OCC(CC)CCCC)cc5)c4)S3)cc21. The number of rotatable bonds is 45. The first-order valence-electron chi connectivity index (χ1n) is 41.2. The van der Waals surface area contributed by atoms with E-state index in [-0.39, 0.29) is 5.41 Å². The van der Waals surface area contributed by atoms with E-state index in [0.29, 0.717) is 34.2 Å². The summed E-state index contributed by atoms with van der Waals surface area (Å²) in [6.45, 7) is 26.1. The molecule has 2 aliphatic rings. The molecule has 1 saturated heterocycles. The van der Waals surface area contributed by atoms with Gasteiger partial charge in [-0.05, 0) is 255 Å². The average molecular weight is 1390 g/mol. The largest absolute Gasteiger partial charge is 0.493 e. The van der Waals surface area contributed by atoms with Gasteiger partial charge >= 0.3 is 0 Å². The number of hydrogen-bond donors (Lipinski definition) is 0. The number of benzene rings is 8. The Bertz CT molecular complexity index is 3580. The summed E-state index contributed by atoms with van der Waals surface area (Å²) in [5.41, 5.74) is 21.2. The van der Waals surface area contributed by atoms with Crippen LogP contribution in [0, 0.1) is 23.7 Å². The maximum absolute atomic E-state index is 6.49. The Morgan fingerprint density at radius 1 is 0.294 bits per heavy atom. The van der Waals surface area contributed by atoms with Crippen molar-refractivity contribution in [3.05, 3.63) is 192 Å². The molecule has 102 heavy (non-hydrogen) atoms. The minimum absolute atomic E-state index is 0.0858. The van der Waals surface area contributed by atoms with Crippen LogP contribution in [0.2, 0.25) is 0 Å². The summed E-state index contributed by atoms with van der Waals surface area (Å²) < 4.78 is 25.9. The molecule has 8 aromatic rings. The van der Waals surface area contributed by atoms with Crippen molar-refractivity contribution in [1.29, 1.82) is 0 Å². The van der Waals surface area contributed by atoms with Crippen LogP contribution in [-0.2, 0) is 5.41 Å². The number of ether oxygens (including phenoxy) is 4. The zero-order valence-electron chi connectivity index (χ0n) is 64.8. The maximum atomic E-state index is 6.49. The van der Waals surface area contributed by atoms with Crippen LogP contribution < -0.4 is 18.9 Å². The highest BCUT2D eigenvalue weighted by Gasteiger charge is 2.43. The van der Waals surface area contributed by atoms with E-state index < -0.39 is 0 Å². The molecule has 546 valence electrons. The topological polar surface area (TPSA) is 36.9 Å². The summed E-state index contributed by atoms with van der Waals surface area (Å²) in [6.07, 6.45) is 34.0. The van der Waals surface area contributed by atoms with Crippen LogP contribution in [0.1, 0.15) is 282 Å². The lowest BCUT2D eigenvalue weighted by molar-refractivity contribution is 0.233. The first kappa shape index (κ1) is 77.9. The van der Waals surface area contributed by atoms with Crippen molar-refractivity contribution in [3.63, 3.8) is 0 Å². The van der Waals surface area contributed by atoms with Gasteiger partial charge in [0, 0.05) is 15.9 Å². The van der Waals surface area contributed by atoms with Gasteiger partial charge in [0.25, 0.3) is 0 Å². The molecule has 1 heterocycles. The number of thioether (sulfide) groups is 1. The van der Waals surface area contributed by atoms with Gasteiger partial charge in [0.1, 0.15) is 23.0 Å². The van der Waals surface area contributed by atoms with Crippen LogP contribution >= 0.6 is 11.8 Å². The molecule has 0 amide bonds. The number of fused-ring (bicyclic) bond motifs is 3. The lowest BCUT2D eigenvalue weighted by Gasteiger charge is -2.34. The predicted octanol–water partition coefficient (Wildman–Crippen LogP) is 29.9. The van der Waals surface area contributed by atoms with Crippen LogP contribution in [0.25, 0.3) is 66.8 Å². The Morgan fingerprint density at radius 3 is 0.941 bits per heavy atom. The second kappa shape index (κ2) is 40.5. The fraction of sp³-hybridized carbons (Fsp3) is 0.505. The lowest BCUT2D eigenvalue weighted by Crippen LogP contribution is -2.26. The molecule has 6 unspecified atom stereocenters. The Hall–Kier alpha value is -6.69. The van der Waals surface area contributed by atoms with Crippen LogP contribution in [0.4, 0.5) is 0 Å². The van der Waals surface area contributed by atoms with Crippen molar-refractivity contribution in [2.45, 2.75) is 265 Å². The van der Waals surface area contributed by atoms with Crippen LogP contribution in [0.5, 0.6) is 23.0 Å². The molecule has 10 rings (SSSR count). The minimum atomic E-state index is -0.0858. The Labute approximate surface area is 623 Å². The van der Waals surface area contributed by atoms with Gasteiger partial charge in [0.05, 0.1) is 26.4 Å². The summed E-state index contributed by atoms with van der Waals surface area (Å²) in [6, 6.07) is 66.0. The van der Waals surface area contributed by atoms with E-state index in [1.165, 1.54) is 219 Å². The van der Waals surface area contributed by atoms with E-state index in [1.54, 1.807) is 11.1 Å². The summed E-state index contributed by atoms with van der Waals surface area (Å²) in [7, 11) is 0. The molecular formula is C97H128O4S. The van der Waals surface area contributed by atoms with Gasteiger partial charge in [-0.15, -0.1) is 11.8 Å². The van der Waals surface area contributed by atoms with E-state index in [1.807, 2.05) is 0 Å². The summed E-state index contributed by atoms with van der Waals surface area (Å²) in [4.78, 5) is 0. The Kier molecular flexibility index (Phi) is 31.0. The second-order valence-electron chi connectivity index (χ2n) is 30.6. The second-order valence-corrected chi connectivity index (χ2v) is 32.0. The number of hydrogen-bond acceptors (Lipinski definition) is 5. The van der Waals surface area contributed by atoms with Crippen molar-refractivity contribution in [3.8, 4) is 89.8 Å². The molecule has 8 aromatic carbocycles. The highest BCUT2D eigenvalue weighted by molar-refractivity contribution is 8.00. The molecule has 0 bridgehead atoms. The fourth-order valence-corrected chi connectivity index (χ4v) is 17.7. The molecule has 0 aromatic heterocycles. The molecule has 1 aliphatic carbocycles. The number of unbranched alkanes of at least 4 members (excludes halogenated alkanes) is 10. The standard InChI is InChI=1S/C97H128O4S/c1-11-21-27-29-57-97(58-30-28-22-12-2)93-65-79(85-61-81(75-35-45-87(46-36-75)98-67-71(17-7)31-23-13-3)59-82(62-85)76-37-47-88(48-38-76)99-68-72(18-8)32-24-14-4)43-53-91(93)92-54-44-80(66-94(92)97)95-55-56-96(102-95)86-63-83(77-39-49-89(50-40-77)100-69-73(19-9)33-25-15-5)60-84(64-86)78-41-51-90(52-42-78)101-70-74(20-10)34-26-16-6/h35-54,59-66,71-74,95-96H,11-34,55-58,67-70H2,1-10H3. The quantitative estimate of drug-likeness (QED) is 0.0356. The molecule has 0 spiro atoms. The highest BCUT2D eigenvalue weighted by Crippen LogP contribution is 2.59. The highest BCUT2D eigenvalue weighted by atomic mass is 32.2. The van der Waals surface area contributed by atoms with E-state index in [4.69, 9.17) is 18.9 Å². The average Bonchev–Trinajstić information content (AvgIpc) is 1.56. The molecule has 0 radical (unpaired) electrons. The monoisotopic (exact) mass is 1390 g/mol. The van der Waals surface area contributed by atoms with Crippen molar-refractivity contribution in [1.82, 2.24) is 0 Å². The van der Waals surface area contributed by atoms with Crippen molar-refractivity contribution >= 4 is 11.8 Å². The minimum Gasteiger partial charge on any atom is -0.493 e. The third-order valence-corrected chi connectivity index (χ3v) is 24.8. The zero-order valence-corrected chi connectivity index (χ0v) is 65.6. The molecule has 0 N–H and O–H groups in total. The van der Waals surface area contributed by atoms with E-state index in [0.717, 1.165) is 88.0 Å². The van der Waals surface area contributed by atoms with Crippen molar-refractivity contribution < 1.29 is 18.9 Å². The van der Waals surface area contributed by atoms with Gasteiger partial charge in [0.2, 0.25) is 0 Å². The lowest BCUT2D eigenvalue weighted by atomic mass is 9.70. The van der Waals surface area contributed by atoms with Crippen molar-refractivity contribution in [2.75, 3.05) is 26.4 Å². The Morgan fingerprint density at radius 2 is 0.598 bits per heavy atom. The van der Waals surface area contributed by atoms with Gasteiger partial charge in [0.15, 0.2) is 0 Å². The van der Waals surface area contributed by atoms with Crippen LogP contribution in [0.15, 0.2) is 170 Å². The first-order chi connectivity index (χ1) is 50.1. The van der Waals surface area contributed by atoms with Gasteiger partial charge < -0.3 is 18.9 Å². The van der Waals surface area contributed by atoms with Gasteiger partial charge in [-0.1, -0.05) is 277 Å². The smallest absolute Gasteiger partial charge is 0.119 e. The third-order valence-electron chi connectivity index (χ3n) is 23.2. The molecule has 0 saturated carbocycles. The molecule has 5 heteroatoms. The van der Waals surface area contributed by atoms with Gasteiger partial charge in [-0.25, -0.2) is 0 Å². The molecule has 6 atom stereocenters. The van der Waals surface area contributed by atoms with Crippen LogP contribution in [0.3, 0.4) is 0 Å². The summed E-state index contributed by atoms with van der Waals surface area (Å²) in [5.74, 6) is 6.16. The van der Waals surface area contributed by atoms with Gasteiger partial charge in [-0.3, -0.25) is 0 Å². The molecule has 1 fully saturated rings. The summed E-state index contributed by atoms with van der Waals surface area (Å²) >= 11 is 2.20. The normalized spacial score (nSPS) is 15.7. The third kappa shape index (κ3) is 21.1. The van der Waals surface area contributed by atoms with E-state index >= 15 is 0 Å². The first-order valence-corrected chi connectivity index (χ1v) is 42.2. The van der Waals surface area contributed by atoms with Gasteiger partial charge in [-0.2, -0.15) is 0 Å². The molecular weight excluding hydrogens is 1260 g/mol. The fourth-order valence-electron chi connectivity index (χ4n) is 16.1. The van der Waals surface area contributed by atoms with Crippen LogP contribution in [-0.4, -0.2) is 26.4 Å². The van der Waals surface area contributed by atoms with E-state index in [9.17, 15) is 0 Å². The van der Waals surface area contributed by atoms with Crippen molar-refractivity contribution in [2.24, 2.45) is 23.7 Å². The molecule has 1 aliphatic heterocycles. The van der Waals surface area contributed by atoms with E-state index in [2.05, 4.69) is 251 Å². The molecule has 4 nitrogen and oxygen atoms in total. The maximum Gasteiger partial charge on any atom is 0.119 e. The predicted molar refractivity (Wildman–Crippen MR) is 441 cm³/mol. The summed E-state index contributed by atoms with van der Waals surface area (Å²) in [5, 5.41) is 0.760.